The van der Waals surface area contributed by atoms with Crippen molar-refractivity contribution in [3.05, 3.63) is 0 Å². The van der Waals surface area contributed by atoms with Crippen molar-refractivity contribution in [3.63, 3.8) is 0 Å². The van der Waals surface area contributed by atoms with Crippen LogP contribution in [0.2, 0.25) is 0 Å². The fraction of sp³-hybridized carbons (Fsp3) is 0.944. The molecule has 2 unspecified atom stereocenters. The summed E-state index contributed by atoms with van der Waals surface area (Å²) < 4.78 is 5.36. The highest BCUT2D eigenvalue weighted by molar-refractivity contribution is 14.0. The highest BCUT2D eigenvalue weighted by atomic mass is 127. The molecule has 0 saturated heterocycles. The topological polar surface area (TPSA) is 45.7 Å². The van der Waals surface area contributed by atoms with Gasteiger partial charge in [0.2, 0.25) is 0 Å². The van der Waals surface area contributed by atoms with Crippen LogP contribution in [0, 0.1) is 11.8 Å². The molecular weight excluding hydrogens is 401 g/mol. The van der Waals surface area contributed by atoms with Crippen molar-refractivity contribution in [2.75, 3.05) is 26.3 Å². The van der Waals surface area contributed by atoms with Gasteiger partial charge in [-0.2, -0.15) is 0 Å². The Hall–Kier alpha value is -0.0400. The molecule has 0 radical (unpaired) electrons. The first kappa shape index (κ1) is 21.0. The van der Waals surface area contributed by atoms with Gasteiger partial charge in [0.15, 0.2) is 5.96 Å². The summed E-state index contributed by atoms with van der Waals surface area (Å²) in [6.07, 6.45) is 10.8. The fourth-order valence-corrected chi connectivity index (χ4v) is 3.61. The lowest BCUT2D eigenvalue weighted by Crippen LogP contribution is -2.39. The number of aliphatic imine (C=N–C) groups is 1. The maximum Gasteiger partial charge on any atom is 0.191 e. The van der Waals surface area contributed by atoms with E-state index in [1.54, 1.807) is 0 Å². The highest BCUT2D eigenvalue weighted by Crippen LogP contribution is 2.44. The molecule has 0 aromatic heterocycles. The van der Waals surface area contributed by atoms with Crippen LogP contribution in [-0.4, -0.2) is 38.3 Å². The Balaban J connectivity index is 0.00000264. The standard InChI is InChI=1S/C18H35N3O.HI/c1-3-19-18(20-12-8-9-13-22-4-2)21-17-14-16(17)15-10-6-5-7-11-15;/h15-17H,3-14H2,1-2H3,(H2,19,20,21);1H. The molecule has 0 bridgehead atoms. The molecule has 2 N–H and O–H groups in total. The number of halogens is 1. The van der Waals surface area contributed by atoms with Crippen molar-refractivity contribution in [1.29, 1.82) is 0 Å². The van der Waals surface area contributed by atoms with Crippen LogP contribution < -0.4 is 10.6 Å². The van der Waals surface area contributed by atoms with Gasteiger partial charge in [0.05, 0.1) is 0 Å². The number of rotatable bonds is 9. The monoisotopic (exact) mass is 437 g/mol. The highest BCUT2D eigenvalue weighted by Gasteiger charge is 2.43. The van der Waals surface area contributed by atoms with Gasteiger partial charge in [-0.3, -0.25) is 4.99 Å². The van der Waals surface area contributed by atoms with Crippen molar-refractivity contribution >= 4 is 29.9 Å². The van der Waals surface area contributed by atoms with E-state index < -0.39 is 0 Å². The third-order valence-corrected chi connectivity index (χ3v) is 4.93. The molecule has 0 aliphatic heterocycles. The van der Waals surface area contributed by atoms with Crippen LogP contribution in [0.5, 0.6) is 0 Å². The molecule has 2 rings (SSSR count). The van der Waals surface area contributed by atoms with E-state index >= 15 is 0 Å². The van der Waals surface area contributed by atoms with Gasteiger partial charge in [-0.05, 0) is 44.9 Å². The van der Waals surface area contributed by atoms with Crippen molar-refractivity contribution in [3.8, 4) is 0 Å². The molecule has 5 heteroatoms. The smallest absolute Gasteiger partial charge is 0.191 e. The van der Waals surface area contributed by atoms with Gasteiger partial charge in [-0.25, -0.2) is 0 Å². The van der Waals surface area contributed by atoms with Gasteiger partial charge < -0.3 is 15.4 Å². The van der Waals surface area contributed by atoms with E-state index in [2.05, 4.69) is 17.6 Å². The summed E-state index contributed by atoms with van der Waals surface area (Å²) in [4.78, 5) is 4.71. The largest absolute Gasteiger partial charge is 0.382 e. The van der Waals surface area contributed by atoms with E-state index in [4.69, 9.17) is 9.73 Å². The van der Waals surface area contributed by atoms with Crippen molar-refractivity contribution in [2.45, 2.75) is 71.3 Å². The minimum absolute atomic E-state index is 0. The van der Waals surface area contributed by atoms with Crippen LogP contribution in [0.25, 0.3) is 0 Å². The Labute approximate surface area is 159 Å². The van der Waals surface area contributed by atoms with Gasteiger partial charge in [0.25, 0.3) is 0 Å². The fourth-order valence-electron chi connectivity index (χ4n) is 3.61. The van der Waals surface area contributed by atoms with Gasteiger partial charge in [-0.1, -0.05) is 32.1 Å². The van der Waals surface area contributed by atoms with Gasteiger partial charge >= 0.3 is 0 Å². The summed E-state index contributed by atoms with van der Waals surface area (Å²) in [5.41, 5.74) is 0. The van der Waals surface area contributed by atoms with E-state index in [9.17, 15) is 0 Å². The zero-order valence-corrected chi connectivity index (χ0v) is 17.3. The summed E-state index contributed by atoms with van der Waals surface area (Å²) >= 11 is 0. The zero-order valence-electron chi connectivity index (χ0n) is 15.0. The van der Waals surface area contributed by atoms with E-state index in [-0.39, 0.29) is 24.0 Å². The zero-order chi connectivity index (χ0) is 15.6. The maximum absolute atomic E-state index is 5.36. The Kier molecular flexibility index (Phi) is 11.3. The predicted molar refractivity (Wildman–Crippen MR) is 109 cm³/mol. The number of guanidine groups is 1. The quantitative estimate of drug-likeness (QED) is 0.249. The number of hydrogen-bond donors (Lipinski definition) is 2. The predicted octanol–water partition coefficient (Wildman–Crippen LogP) is 3.95. The number of hydrogen-bond acceptors (Lipinski definition) is 2. The lowest BCUT2D eigenvalue weighted by molar-refractivity contribution is 0.144. The molecule has 23 heavy (non-hydrogen) atoms. The van der Waals surface area contributed by atoms with Crippen LogP contribution >= 0.6 is 24.0 Å². The maximum atomic E-state index is 5.36. The summed E-state index contributed by atoms with van der Waals surface area (Å²) in [5, 5.41) is 7.04. The first-order valence-electron chi connectivity index (χ1n) is 9.47. The van der Waals surface area contributed by atoms with Crippen molar-refractivity contribution in [2.24, 2.45) is 16.8 Å². The van der Waals surface area contributed by atoms with E-state index in [0.717, 1.165) is 56.9 Å². The Morgan fingerprint density at radius 3 is 2.61 bits per heavy atom. The van der Waals surface area contributed by atoms with Gasteiger partial charge in [-0.15, -0.1) is 24.0 Å². The molecule has 0 spiro atoms. The molecule has 2 aliphatic carbocycles. The van der Waals surface area contributed by atoms with Crippen LogP contribution in [0.15, 0.2) is 4.99 Å². The molecule has 0 amide bonds. The average molecular weight is 437 g/mol. The van der Waals surface area contributed by atoms with E-state index in [0.29, 0.717) is 6.04 Å². The average Bonchev–Trinajstić information content (AvgIpc) is 3.31. The van der Waals surface area contributed by atoms with Crippen molar-refractivity contribution in [1.82, 2.24) is 10.6 Å². The molecule has 0 aromatic carbocycles. The second-order valence-corrected chi connectivity index (χ2v) is 6.71. The number of nitrogens with one attached hydrogen (secondary N) is 2. The van der Waals surface area contributed by atoms with E-state index in [1.807, 2.05) is 6.92 Å². The van der Waals surface area contributed by atoms with Crippen LogP contribution in [-0.2, 0) is 4.74 Å². The molecular formula is C18H36IN3O. The molecule has 4 nitrogen and oxygen atoms in total. The number of ether oxygens (including phenoxy) is 1. The molecule has 0 heterocycles. The van der Waals surface area contributed by atoms with Gasteiger partial charge in [0.1, 0.15) is 0 Å². The summed E-state index contributed by atoms with van der Waals surface area (Å²) in [7, 11) is 0. The first-order valence-corrected chi connectivity index (χ1v) is 9.47. The van der Waals surface area contributed by atoms with Crippen molar-refractivity contribution < 1.29 is 4.74 Å². The molecule has 2 fully saturated rings. The minimum Gasteiger partial charge on any atom is -0.382 e. The van der Waals surface area contributed by atoms with Gasteiger partial charge in [0, 0.05) is 32.3 Å². The lowest BCUT2D eigenvalue weighted by atomic mass is 9.85. The summed E-state index contributed by atoms with van der Waals surface area (Å²) in [5.74, 6) is 2.89. The normalized spacial score (nSPS) is 24.9. The van der Waals surface area contributed by atoms with Crippen LogP contribution in [0.3, 0.4) is 0 Å². The molecule has 2 aliphatic rings. The molecule has 2 atom stereocenters. The Morgan fingerprint density at radius 2 is 1.91 bits per heavy atom. The Bertz CT molecular complexity index is 332. The number of unbranched alkanes of at least 4 members (excludes halogenated alkanes) is 1. The Morgan fingerprint density at radius 1 is 1.13 bits per heavy atom. The summed E-state index contributed by atoms with van der Waals surface area (Å²) in [6.45, 7) is 7.69. The molecule has 0 aromatic rings. The van der Waals surface area contributed by atoms with E-state index in [1.165, 1.54) is 38.5 Å². The SMILES string of the molecule is CCNC(=NCCCCOCC)NC1CC1C1CCCCC1.I. The number of nitrogens with zero attached hydrogens (tertiary/aromatic N) is 1. The first-order chi connectivity index (χ1) is 10.8. The molecule has 136 valence electrons. The third-order valence-electron chi connectivity index (χ3n) is 4.93. The minimum atomic E-state index is 0. The summed E-state index contributed by atoms with van der Waals surface area (Å²) in [6, 6.07) is 0.671. The second kappa shape index (κ2) is 12.3. The second-order valence-electron chi connectivity index (χ2n) is 6.71. The molecule has 2 saturated carbocycles. The van der Waals surface area contributed by atoms with Crippen LogP contribution in [0.1, 0.15) is 65.2 Å². The lowest BCUT2D eigenvalue weighted by Gasteiger charge is -2.22. The van der Waals surface area contributed by atoms with Crippen LogP contribution in [0.4, 0.5) is 0 Å². The third kappa shape index (κ3) is 8.05.